The first kappa shape index (κ1) is 12.7. The number of oxazole rings is 1. The number of carbonyl (C=O) groups excluding carboxylic acids is 1. The molecule has 0 saturated heterocycles. The van der Waals surface area contributed by atoms with Gasteiger partial charge in [0.1, 0.15) is 0 Å². The molecule has 1 aliphatic heterocycles. The van der Waals surface area contributed by atoms with Crippen LogP contribution in [-0.4, -0.2) is 22.3 Å². The number of nitrogen functional groups attached to an aromatic ring is 1. The maximum atomic E-state index is 12.5. The molecule has 0 saturated carbocycles. The number of aromatic nitrogens is 1. The molecule has 1 aromatic carbocycles. The molecule has 3 rings (SSSR count). The first-order valence-electron chi connectivity index (χ1n) is 6.66. The van der Waals surface area contributed by atoms with Crippen LogP contribution in [0.5, 0.6) is 0 Å². The van der Waals surface area contributed by atoms with Crippen molar-refractivity contribution in [3.8, 4) is 0 Å². The molecule has 1 aromatic heterocycles. The van der Waals surface area contributed by atoms with Gasteiger partial charge >= 0.3 is 0 Å². The lowest BCUT2D eigenvalue weighted by atomic mass is 9.98. The Hall–Kier alpha value is -2.30. The number of nitrogens with zero attached hydrogens (tertiary/aromatic N) is 2. The fraction of sp³-hybridized carbons (Fsp3) is 0.333. The van der Waals surface area contributed by atoms with Gasteiger partial charge in [-0.25, -0.2) is 4.98 Å². The van der Waals surface area contributed by atoms with E-state index in [1.165, 1.54) is 5.56 Å². The lowest BCUT2D eigenvalue weighted by molar-refractivity contribution is 0.0700. The Morgan fingerprint density at radius 2 is 2.20 bits per heavy atom. The molecule has 5 nitrogen and oxygen atoms in total. The summed E-state index contributed by atoms with van der Waals surface area (Å²) in [6.45, 7) is 4.73. The van der Waals surface area contributed by atoms with E-state index in [1.54, 1.807) is 18.7 Å². The van der Waals surface area contributed by atoms with Crippen LogP contribution in [0.4, 0.5) is 5.69 Å². The number of amides is 1. The first-order chi connectivity index (χ1) is 9.56. The van der Waals surface area contributed by atoms with Gasteiger partial charge in [0.05, 0.1) is 5.69 Å². The Balaban J connectivity index is 1.89. The Morgan fingerprint density at radius 1 is 1.40 bits per heavy atom. The number of anilines is 1. The fourth-order valence-electron chi connectivity index (χ4n) is 2.65. The summed E-state index contributed by atoms with van der Waals surface area (Å²) >= 11 is 0. The van der Waals surface area contributed by atoms with Crippen molar-refractivity contribution in [3.05, 3.63) is 46.7 Å². The van der Waals surface area contributed by atoms with Crippen molar-refractivity contribution in [2.75, 3.05) is 12.3 Å². The van der Waals surface area contributed by atoms with Gasteiger partial charge in [-0.3, -0.25) is 4.79 Å². The van der Waals surface area contributed by atoms with Crippen molar-refractivity contribution < 1.29 is 9.21 Å². The Kier molecular flexibility index (Phi) is 2.97. The monoisotopic (exact) mass is 271 g/mol. The minimum Gasteiger partial charge on any atom is -0.436 e. The summed E-state index contributed by atoms with van der Waals surface area (Å²) in [5, 5.41) is 0. The maximum absolute atomic E-state index is 12.5. The lowest BCUT2D eigenvalue weighted by Gasteiger charge is -2.29. The van der Waals surface area contributed by atoms with Gasteiger partial charge in [-0.2, -0.15) is 0 Å². The van der Waals surface area contributed by atoms with E-state index in [1.807, 2.05) is 12.1 Å². The highest BCUT2D eigenvalue weighted by Gasteiger charge is 2.26. The molecule has 0 aliphatic carbocycles. The number of nitrogens with two attached hydrogens (primary N) is 1. The lowest BCUT2D eigenvalue weighted by Crippen LogP contribution is -2.36. The van der Waals surface area contributed by atoms with Crippen molar-refractivity contribution >= 4 is 11.6 Å². The van der Waals surface area contributed by atoms with Gasteiger partial charge in [-0.1, -0.05) is 12.1 Å². The van der Waals surface area contributed by atoms with E-state index in [4.69, 9.17) is 10.2 Å². The second-order valence-corrected chi connectivity index (χ2v) is 5.11. The standard InChI is InChI=1S/C15H17N3O2/c1-9-14(20-10(2)17-9)15(19)18-7-6-11-4-3-5-13(16)12(11)8-18/h3-5H,6-8,16H2,1-2H3. The topological polar surface area (TPSA) is 72.4 Å². The molecule has 1 amide bonds. The van der Waals surface area contributed by atoms with Crippen LogP contribution >= 0.6 is 0 Å². The van der Waals surface area contributed by atoms with E-state index < -0.39 is 0 Å². The maximum Gasteiger partial charge on any atom is 0.291 e. The van der Waals surface area contributed by atoms with Crippen LogP contribution in [0, 0.1) is 13.8 Å². The number of aryl methyl sites for hydroxylation is 2. The largest absolute Gasteiger partial charge is 0.436 e. The Morgan fingerprint density at radius 3 is 2.90 bits per heavy atom. The van der Waals surface area contributed by atoms with Crippen LogP contribution in [0.25, 0.3) is 0 Å². The van der Waals surface area contributed by atoms with Gasteiger partial charge < -0.3 is 15.1 Å². The molecule has 0 bridgehead atoms. The van der Waals surface area contributed by atoms with Crippen molar-refractivity contribution in [2.45, 2.75) is 26.8 Å². The molecular weight excluding hydrogens is 254 g/mol. The molecule has 2 aromatic rings. The van der Waals surface area contributed by atoms with Crippen molar-refractivity contribution in [3.63, 3.8) is 0 Å². The molecule has 0 unspecified atom stereocenters. The zero-order valence-electron chi connectivity index (χ0n) is 11.6. The molecule has 0 radical (unpaired) electrons. The van der Waals surface area contributed by atoms with Crippen molar-refractivity contribution in [1.82, 2.24) is 9.88 Å². The van der Waals surface area contributed by atoms with Crippen LogP contribution in [0.15, 0.2) is 22.6 Å². The SMILES string of the molecule is Cc1nc(C)c(C(=O)N2CCc3cccc(N)c3C2)o1. The van der Waals surface area contributed by atoms with Crippen LogP contribution in [0.3, 0.4) is 0 Å². The summed E-state index contributed by atoms with van der Waals surface area (Å²) in [5.41, 5.74) is 9.65. The van der Waals surface area contributed by atoms with E-state index in [-0.39, 0.29) is 5.91 Å². The molecule has 1 aliphatic rings. The average molecular weight is 271 g/mol. The number of benzene rings is 1. The van der Waals surface area contributed by atoms with Gasteiger partial charge in [0.25, 0.3) is 5.91 Å². The molecule has 0 spiro atoms. The number of hydrogen-bond donors (Lipinski definition) is 1. The molecule has 104 valence electrons. The normalized spacial score (nSPS) is 14.2. The minimum atomic E-state index is -0.114. The summed E-state index contributed by atoms with van der Waals surface area (Å²) in [4.78, 5) is 18.4. The molecule has 2 heterocycles. The number of carbonyl (C=O) groups is 1. The fourth-order valence-corrected chi connectivity index (χ4v) is 2.65. The third-order valence-electron chi connectivity index (χ3n) is 3.69. The summed E-state index contributed by atoms with van der Waals surface area (Å²) in [6, 6.07) is 5.89. The number of rotatable bonds is 1. The van der Waals surface area contributed by atoms with Crippen LogP contribution in [0.2, 0.25) is 0 Å². The third-order valence-corrected chi connectivity index (χ3v) is 3.69. The van der Waals surface area contributed by atoms with Gasteiger partial charge in [0.15, 0.2) is 5.89 Å². The van der Waals surface area contributed by atoms with Crippen LogP contribution < -0.4 is 5.73 Å². The van der Waals surface area contributed by atoms with E-state index in [0.29, 0.717) is 30.4 Å². The predicted molar refractivity (Wildman–Crippen MR) is 75.3 cm³/mol. The highest BCUT2D eigenvalue weighted by atomic mass is 16.4. The first-order valence-corrected chi connectivity index (χ1v) is 6.66. The second kappa shape index (κ2) is 4.67. The summed E-state index contributed by atoms with van der Waals surface area (Å²) in [7, 11) is 0. The highest BCUT2D eigenvalue weighted by molar-refractivity contribution is 5.92. The van der Waals surface area contributed by atoms with E-state index in [9.17, 15) is 4.79 Å². The smallest absolute Gasteiger partial charge is 0.291 e. The van der Waals surface area contributed by atoms with Gasteiger partial charge in [0, 0.05) is 25.7 Å². The molecule has 20 heavy (non-hydrogen) atoms. The summed E-state index contributed by atoms with van der Waals surface area (Å²) in [6.07, 6.45) is 0.818. The van der Waals surface area contributed by atoms with Crippen LogP contribution in [0.1, 0.15) is 33.3 Å². The van der Waals surface area contributed by atoms with Crippen molar-refractivity contribution in [1.29, 1.82) is 0 Å². The number of hydrogen-bond acceptors (Lipinski definition) is 4. The number of fused-ring (bicyclic) bond motifs is 1. The third kappa shape index (κ3) is 2.05. The second-order valence-electron chi connectivity index (χ2n) is 5.11. The summed E-state index contributed by atoms with van der Waals surface area (Å²) < 4.78 is 5.41. The van der Waals surface area contributed by atoms with Gasteiger partial charge in [0.2, 0.25) is 5.76 Å². The summed E-state index contributed by atoms with van der Waals surface area (Å²) in [5.74, 6) is 0.736. The zero-order chi connectivity index (χ0) is 14.3. The van der Waals surface area contributed by atoms with E-state index in [2.05, 4.69) is 11.1 Å². The molecule has 5 heteroatoms. The van der Waals surface area contributed by atoms with Crippen LogP contribution in [-0.2, 0) is 13.0 Å². The predicted octanol–water partition coefficient (Wildman–Crippen LogP) is 2.07. The molecule has 0 fully saturated rings. The minimum absolute atomic E-state index is 0.114. The zero-order valence-corrected chi connectivity index (χ0v) is 11.6. The molecular formula is C15H17N3O2. The Labute approximate surface area is 117 Å². The average Bonchev–Trinajstić information content (AvgIpc) is 2.77. The van der Waals surface area contributed by atoms with E-state index in [0.717, 1.165) is 17.7 Å². The molecule has 2 N–H and O–H groups in total. The molecule has 0 atom stereocenters. The Bertz CT molecular complexity index is 676. The quantitative estimate of drug-likeness (QED) is 0.806. The highest BCUT2D eigenvalue weighted by Crippen LogP contribution is 2.25. The van der Waals surface area contributed by atoms with Gasteiger partial charge in [-0.05, 0) is 30.5 Å². The van der Waals surface area contributed by atoms with E-state index >= 15 is 0 Å². The van der Waals surface area contributed by atoms with Gasteiger partial charge in [-0.15, -0.1) is 0 Å². The van der Waals surface area contributed by atoms with Crippen molar-refractivity contribution in [2.24, 2.45) is 0 Å².